The molecular weight excluding hydrogens is 449 g/mol. The number of likely N-dealkylation sites (N-methyl/N-ethyl adjacent to an activating group) is 1. The van der Waals surface area contributed by atoms with Crippen LogP contribution in [0, 0.1) is 0 Å². The van der Waals surface area contributed by atoms with E-state index in [0.717, 1.165) is 5.56 Å². The highest BCUT2D eigenvalue weighted by Crippen LogP contribution is 2.35. The van der Waals surface area contributed by atoms with Gasteiger partial charge in [-0.25, -0.2) is 9.69 Å². The van der Waals surface area contributed by atoms with Gasteiger partial charge in [-0.05, 0) is 43.8 Å². The Kier molecular flexibility index (Phi) is 5.61. The molecule has 4 rings (SSSR count). The maximum Gasteiger partial charge on any atom is 0.633 e. The number of ether oxygens (including phenoxy) is 2. The van der Waals surface area contributed by atoms with Gasteiger partial charge in [0.1, 0.15) is 24.4 Å². The molecule has 0 atom stereocenters. The number of fused-ring (bicyclic) bond motifs is 1. The number of benzene rings is 1. The van der Waals surface area contributed by atoms with Crippen molar-refractivity contribution in [2.75, 3.05) is 32.1 Å². The van der Waals surface area contributed by atoms with Crippen LogP contribution in [0.3, 0.4) is 0 Å². The fourth-order valence-electron chi connectivity index (χ4n) is 4.04. The molecule has 176 valence electrons. The molecular formula is C21H26BN3O7S. The number of hydrogen-bond acceptors (Lipinski definition) is 9. The molecule has 2 fully saturated rings. The van der Waals surface area contributed by atoms with E-state index < -0.39 is 30.3 Å². The zero-order chi connectivity index (χ0) is 24.0. The van der Waals surface area contributed by atoms with Gasteiger partial charge in [0.15, 0.2) is 5.13 Å². The Morgan fingerprint density at radius 1 is 1.18 bits per heavy atom. The van der Waals surface area contributed by atoms with E-state index >= 15 is 0 Å². The first-order valence-electron chi connectivity index (χ1n) is 10.5. The van der Waals surface area contributed by atoms with Crippen molar-refractivity contribution >= 4 is 46.8 Å². The fourth-order valence-corrected chi connectivity index (χ4v) is 4.92. The summed E-state index contributed by atoms with van der Waals surface area (Å²) in [4.78, 5) is 43.3. The van der Waals surface area contributed by atoms with E-state index in [0.29, 0.717) is 16.5 Å². The number of thiazole rings is 1. The molecule has 1 aromatic heterocycles. The van der Waals surface area contributed by atoms with Gasteiger partial charge in [-0.3, -0.25) is 14.6 Å². The lowest BCUT2D eigenvalue weighted by Gasteiger charge is -2.38. The summed E-state index contributed by atoms with van der Waals surface area (Å²) in [7, 11) is 3.32. The fraction of sp³-hybridized carbons (Fsp3) is 0.429. The standard InChI is InChI=1S/C21H26BN3O7S/c1-21(2,3)30-20(28)24(10-14-6-8-15(29-5)9-7-14)19-23-16(13-33-19)22-25(4,11-17(26)31-22)12-18(27)32-22/h6-9,13H,10-12H2,1-5H3. The second kappa shape index (κ2) is 8.03. The number of anilines is 1. The van der Waals surface area contributed by atoms with Gasteiger partial charge in [0.25, 0.3) is 0 Å². The summed E-state index contributed by atoms with van der Waals surface area (Å²) < 4.78 is 21.9. The molecule has 1 amide bonds. The summed E-state index contributed by atoms with van der Waals surface area (Å²) in [6.45, 7) is 3.09. The third-order valence-electron chi connectivity index (χ3n) is 5.61. The quantitative estimate of drug-likeness (QED) is 0.604. The normalized spacial score (nSPS) is 24.2. The smallest absolute Gasteiger partial charge is 0.595 e. The van der Waals surface area contributed by atoms with Gasteiger partial charge >= 0.3 is 24.7 Å². The molecule has 33 heavy (non-hydrogen) atoms. The zero-order valence-corrected chi connectivity index (χ0v) is 20.0. The highest BCUT2D eigenvalue weighted by atomic mass is 32.1. The first kappa shape index (κ1) is 23.1. The van der Waals surface area contributed by atoms with Crippen molar-refractivity contribution < 1.29 is 37.6 Å². The van der Waals surface area contributed by atoms with E-state index in [2.05, 4.69) is 4.98 Å². The minimum Gasteiger partial charge on any atom is -0.595 e. The average molecular weight is 475 g/mol. The van der Waals surface area contributed by atoms with Crippen LogP contribution in [-0.4, -0.2) is 66.9 Å². The largest absolute Gasteiger partial charge is 0.633 e. The van der Waals surface area contributed by atoms with E-state index in [-0.39, 0.29) is 24.0 Å². The third-order valence-corrected chi connectivity index (χ3v) is 6.49. The van der Waals surface area contributed by atoms with E-state index in [1.807, 2.05) is 12.1 Å². The summed E-state index contributed by atoms with van der Waals surface area (Å²) in [6.07, 6.45) is -0.576. The van der Waals surface area contributed by atoms with Gasteiger partial charge < -0.3 is 23.2 Å². The minimum atomic E-state index is -2.48. The van der Waals surface area contributed by atoms with Crippen LogP contribution in [0.5, 0.6) is 5.75 Å². The van der Waals surface area contributed by atoms with Gasteiger partial charge in [-0.1, -0.05) is 12.1 Å². The van der Waals surface area contributed by atoms with Crippen LogP contribution < -0.4 is 15.2 Å². The molecule has 0 N–H and O–H groups in total. The molecule has 2 aromatic rings. The number of rotatable bonds is 5. The van der Waals surface area contributed by atoms with Crippen LogP contribution in [0.4, 0.5) is 9.93 Å². The van der Waals surface area contributed by atoms with Crippen molar-refractivity contribution in [1.82, 2.24) is 4.98 Å². The number of amides is 1. The predicted molar refractivity (Wildman–Crippen MR) is 121 cm³/mol. The van der Waals surface area contributed by atoms with Crippen molar-refractivity contribution in [1.29, 1.82) is 0 Å². The number of carbonyl (C=O) groups excluding carboxylic acids is 3. The van der Waals surface area contributed by atoms with Crippen LogP contribution >= 0.6 is 11.3 Å². The van der Waals surface area contributed by atoms with Crippen molar-refractivity contribution in [3.63, 3.8) is 0 Å². The average Bonchev–Trinajstić information content (AvgIpc) is 3.34. The summed E-state index contributed by atoms with van der Waals surface area (Å²) in [5.74, 6) is -0.215. The van der Waals surface area contributed by atoms with Crippen LogP contribution in [0.1, 0.15) is 26.3 Å². The molecule has 0 unspecified atom stereocenters. The van der Waals surface area contributed by atoms with Gasteiger partial charge in [0.05, 0.1) is 19.2 Å². The maximum atomic E-state index is 13.1. The van der Waals surface area contributed by atoms with Crippen LogP contribution in [0.25, 0.3) is 0 Å². The molecule has 12 heteroatoms. The van der Waals surface area contributed by atoms with Crippen molar-refractivity contribution in [2.24, 2.45) is 0 Å². The first-order valence-corrected chi connectivity index (χ1v) is 11.3. The summed E-state index contributed by atoms with van der Waals surface area (Å²) in [5, 5.41) is 2.00. The van der Waals surface area contributed by atoms with Gasteiger partial charge in [-0.15, -0.1) is 11.3 Å². The molecule has 0 radical (unpaired) electrons. The number of carbonyl (C=O) groups is 3. The molecule has 10 nitrogen and oxygen atoms in total. The Hall–Kier alpha value is -3.12. The molecule has 0 saturated carbocycles. The van der Waals surface area contributed by atoms with E-state index in [4.69, 9.17) is 18.8 Å². The molecule has 0 spiro atoms. The van der Waals surface area contributed by atoms with Crippen molar-refractivity contribution in [3.05, 3.63) is 35.2 Å². The second-order valence-electron chi connectivity index (χ2n) is 9.42. The van der Waals surface area contributed by atoms with Gasteiger partial charge in [0, 0.05) is 7.05 Å². The van der Waals surface area contributed by atoms with Crippen molar-refractivity contribution in [3.8, 4) is 5.75 Å². The second-order valence-corrected chi connectivity index (χ2v) is 10.3. The molecule has 3 heterocycles. The first-order chi connectivity index (χ1) is 15.4. The molecule has 0 aliphatic carbocycles. The SMILES string of the molecule is COc1ccc(CN(C(=O)OC(C)(C)C)c2nc([B-]34OC(=O)C[N+]3(C)CC(=O)O4)cs2)cc1. The molecule has 2 aliphatic rings. The molecule has 2 aliphatic heterocycles. The zero-order valence-electron chi connectivity index (χ0n) is 19.2. The van der Waals surface area contributed by atoms with Crippen LogP contribution in [0.2, 0.25) is 0 Å². The molecule has 0 bridgehead atoms. The molecule has 1 aromatic carbocycles. The summed E-state index contributed by atoms with van der Waals surface area (Å²) in [5.41, 5.74) is 0.440. The van der Waals surface area contributed by atoms with E-state index in [1.165, 1.54) is 16.2 Å². The predicted octanol–water partition coefficient (Wildman–Crippen LogP) is 1.80. The summed E-state index contributed by atoms with van der Waals surface area (Å²) >= 11 is 1.18. The number of methoxy groups -OCH3 is 1. The topological polar surface area (TPSA) is 104 Å². The Bertz CT molecular complexity index is 1080. The third kappa shape index (κ3) is 4.27. The van der Waals surface area contributed by atoms with Gasteiger partial charge in [0.2, 0.25) is 0 Å². The monoisotopic (exact) mass is 475 g/mol. The number of quaternary nitrogens is 1. The highest BCUT2D eigenvalue weighted by Gasteiger charge is 2.67. The molecule has 2 saturated heterocycles. The van der Waals surface area contributed by atoms with Crippen molar-refractivity contribution in [2.45, 2.75) is 32.9 Å². The minimum absolute atomic E-state index is 0.0141. The lowest BCUT2D eigenvalue weighted by molar-refractivity contribution is -0.791. The Balaban J connectivity index is 1.68. The van der Waals surface area contributed by atoms with Gasteiger partial charge in [-0.2, -0.15) is 0 Å². The highest BCUT2D eigenvalue weighted by molar-refractivity contribution is 7.15. The number of hydrogen-bond donors (Lipinski definition) is 0. The number of nitrogens with zero attached hydrogens (tertiary/aromatic N) is 3. The van der Waals surface area contributed by atoms with Crippen LogP contribution in [-0.2, 0) is 30.2 Å². The number of aromatic nitrogens is 1. The van der Waals surface area contributed by atoms with E-state index in [9.17, 15) is 14.4 Å². The van der Waals surface area contributed by atoms with Crippen LogP contribution in [0.15, 0.2) is 29.6 Å². The Labute approximate surface area is 195 Å². The van der Waals surface area contributed by atoms with E-state index in [1.54, 1.807) is 52.4 Å². The lowest BCUT2D eigenvalue weighted by atomic mass is 9.65. The summed E-state index contributed by atoms with van der Waals surface area (Å²) in [6, 6.07) is 7.30. The lowest BCUT2D eigenvalue weighted by Crippen LogP contribution is -2.67. The Morgan fingerprint density at radius 2 is 1.79 bits per heavy atom. The maximum absolute atomic E-state index is 13.1. The Morgan fingerprint density at radius 3 is 2.33 bits per heavy atom.